The molecule has 1 amide bonds. The maximum absolute atomic E-state index is 13.3. The molecule has 42 heavy (non-hydrogen) atoms. The normalized spacial score (nSPS) is 16.6. The molecule has 4 N–H and O–H groups in total. The van der Waals surface area contributed by atoms with Crippen LogP contribution in [0.4, 0.5) is 5.69 Å². The molecular weight excluding hydrogens is 560 g/mol. The summed E-state index contributed by atoms with van der Waals surface area (Å²) in [6, 6.07) is 10.8. The van der Waals surface area contributed by atoms with Crippen LogP contribution >= 0.6 is 11.6 Å². The number of H-pyrrole nitrogens is 2. The molecule has 1 unspecified atom stereocenters. The highest BCUT2D eigenvalue weighted by atomic mass is 35.5. The first-order valence-electron chi connectivity index (χ1n) is 13.9. The summed E-state index contributed by atoms with van der Waals surface area (Å²) < 4.78 is 10.8. The average molecular weight is 593 g/mol. The van der Waals surface area contributed by atoms with Crippen LogP contribution < -0.4 is 20.3 Å². The van der Waals surface area contributed by atoms with E-state index in [1.54, 1.807) is 31.4 Å². The highest BCUT2D eigenvalue weighted by Gasteiger charge is 2.34. The number of nitrogens with one attached hydrogen (secondary N) is 3. The van der Waals surface area contributed by atoms with E-state index in [0.29, 0.717) is 51.2 Å². The van der Waals surface area contributed by atoms with Gasteiger partial charge >= 0.3 is 0 Å². The summed E-state index contributed by atoms with van der Waals surface area (Å²) in [7, 11) is 3.66. The van der Waals surface area contributed by atoms with Gasteiger partial charge in [0.15, 0.2) is 0 Å². The number of rotatable bonds is 9. The van der Waals surface area contributed by atoms with E-state index in [2.05, 4.69) is 32.2 Å². The average Bonchev–Trinajstić information content (AvgIpc) is 3.54. The third-order valence-corrected chi connectivity index (χ3v) is 8.26. The molecule has 11 nitrogen and oxygen atoms in total. The van der Waals surface area contributed by atoms with Gasteiger partial charge in [0.05, 0.1) is 28.9 Å². The summed E-state index contributed by atoms with van der Waals surface area (Å²) >= 11 is 6.22. The molecule has 0 radical (unpaired) electrons. The van der Waals surface area contributed by atoms with Gasteiger partial charge in [-0.05, 0) is 68.9 Å². The maximum Gasteiger partial charge on any atom is 0.261 e. The number of aromatic amines is 2. The van der Waals surface area contributed by atoms with Gasteiger partial charge in [0.2, 0.25) is 0 Å². The number of pyridine rings is 1. The Hall–Kier alpha value is -4.06. The molecule has 12 heteroatoms. The predicted octanol–water partition coefficient (Wildman–Crippen LogP) is 3.48. The number of hydrogen-bond donors (Lipinski definition) is 4. The Morgan fingerprint density at radius 1 is 1.19 bits per heavy atom. The van der Waals surface area contributed by atoms with Gasteiger partial charge in [0.25, 0.3) is 11.5 Å². The Morgan fingerprint density at radius 3 is 2.76 bits per heavy atom. The van der Waals surface area contributed by atoms with Crippen LogP contribution in [0.3, 0.4) is 0 Å². The molecule has 1 fully saturated rings. The highest BCUT2D eigenvalue weighted by Crippen LogP contribution is 2.33. The number of methoxy groups -OCH3 is 1. The maximum atomic E-state index is 13.3. The van der Waals surface area contributed by atoms with Gasteiger partial charge in [-0.3, -0.25) is 9.59 Å². The number of piperidine rings is 1. The minimum Gasteiger partial charge on any atom is -0.497 e. The summed E-state index contributed by atoms with van der Waals surface area (Å²) in [4.78, 5) is 41.2. The molecule has 1 saturated heterocycles. The van der Waals surface area contributed by atoms with E-state index >= 15 is 0 Å². The summed E-state index contributed by atoms with van der Waals surface area (Å²) in [5, 5.41) is 14.1. The number of aliphatic hydroxyl groups is 1. The number of imidazole rings is 1. The zero-order valence-electron chi connectivity index (χ0n) is 23.4. The van der Waals surface area contributed by atoms with E-state index < -0.39 is 6.10 Å². The third-order valence-electron chi connectivity index (χ3n) is 7.96. The Kier molecular flexibility index (Phi) is 7.80. The number of halogens is 1. The fourth-order valence-corrected chi connectivity index (χ4v) is 5.85. The lowest BCUT2D eigenvalue weighted by atomic mass is 10.0. The van der Waals surface area contributed by atoms with Crippen LogP contribution in [0.1, 0.15) is 28.8 Å². The number of anilines is 1. The van der Waals surface area contributed by atoms with Gasteiger partial charge in [-0.25, -0.2) is 4.98 Å². The van der Waals surface area contributed by atoms with Crippen molar-refractivity contribution in [3.63, 3.8) is 0 Å². The molecule has 0 spiro atoms. The van der Waals surface area contributed by atoms with Crippen LogP contribution in [0.15, 0.2) is 47.4 Å². The van der Waals surface area contributed by atoms with Crippen molar-refractivity contribution in [2.45, 2.75) is 31.5 Å². The molecule has 0 saturated carbocycles. The molecule has 1 atom stereocenters. The van der Waals surface area contributed by atoms with Gasteiger partial charge in [-0.2, -0.15) is 0 Å². The number of ether oxygens (including phenoxy) is 2. The van der Waals surface area contributed by atoms with Crippen LogP contribution in [0.25, 0.3) is 22.4 Å². The smallest absolute Gasteiger partial charge is 0.261 e. The molecule has 2 aromatic carbocycles. The second-order valence-corrected chi connectivity index (χ2v) is 11.2. The number of fused-ring (bicyclic) bond motifs is 2. The second-order valence-electron chi connectivity index (χ2n) is 10.8. The lowest BCUT2D eigenvalue weighted by Crippen LogP contribution is -2.43. The monoisotopic (exact) mass is 592 g/mol. The van der Waals surface area contributed by atoms with E-state index in [1.807, 2.05) is 17.0 Å². The summed E-state index contributed by atoms with van der Waals surface area (Å²) in [5.41, 5.74) is 3.45. The Bertz CT molecular complexity index is 1680. The first-order chi connectivity index (χ1) is 20.3. The van der Waals surface area contributed by atoms with Crippen molar-refractivity contribution in [3.8, 4) is 22.9 Å². The number of likely N-dealkylation sites (tertiary alicyclic amines) is 1. The van der Waals surface area contributed by atoms with Crippen molar-refractivity contribution < 1.29 is 19.4 Å². The van der Waals surface area contributed by atoms with Crippen molar-refractivity contribution in [1.29, 1.82) is 0 Å². The standard InChI is InChI=1S/C30H33ClN6O5/c1-36-9-6-18(7-10-36)37-15-17-11-24-25(13-21(17)30(37)40)35-28(34-24)27-23(5-8-32-29(27)39)33-14-19(38)16-42-26-4-3-20(41-2)12-22(26)31/h3-5,8,11-13,18-19,38H,6-7,9-10,14-16H2,1-2H3,(H,34,35)(H2,32,33,39). The summed E-state index contributed by atoms with van der Waals surface area (Å²) in [6.07, 6.45) is 2.58. The summed E-state index contributed by atoms with van der Waals surface area (Å²) in [5.74, 6) is 1.44. The van der Waals surface area contributed by atoms with Gasteiger partial charge in [-0.1, -0.05) is 11.6 Å². The minimum absolute atomic E-state index is 0.0175. The first kappa shape index (κ1) is 28.1. The van der Waals surface area contributed by atoms with Gasteiger partial charge < -0.3 is 39.7 Å². The fraction of sp³-hybridized carbons (Fsp3) is 0.367. The molecule has 4 heterocycles. The number of amides is 1. The number of nitrogens with zero attached hydrogens (tertiary/aromatic N) is 3. The number of hydrogen-bond acceptors (Lipinski definition) is 8. The Balaban J connectivity index is 1.16. The molecule has 2 aliphatic heterocycles. The topological polar surface area (TPSA) is 136 Å². The van der Waals surface area contributed by atoms with E-state index in [1.165, 1.54) is 6.20 Å². The fourth-order valence-electron chi connectivity index (χ4n) is 5.62. The zero-order chi connectivity index (χ0) is 29.4. The second kappa shape index (κ2) is 11.7. The van der Waals surface area contributed by atoms with Crippen LogP contribution in [0.5, 0.6) is 11.5 Å². The van der Waals surface area contributed by atoms with Crippen molar-refractivity contribution in [3.05, 3.63) is 69.1 Å². The van der Waals surface area contributed by atoms with Crippen LogP contribution in [0.2, 0.25) is 5.02 Å². The molecule has 4 aromatic rings. The predicted molar refractivity (Wildman–Crippen MR) is 161 cm³/mol. The van der Waals surface area contributed by atoms with E-state index in [9.17, 15) is 14.7 Å². The Morgan fingerprint density at radius 2 is 2.00 bits per heavy atom. The van der Waals surface area contributed by atoms with Gasteiger partial charge in [-0.15, -0.1) is 0 Å². The number of aromatic nitrogens is 3. The van der Waals surface area contributed by atoms with Crippen molar-refractivity contribution in [1.82, 2.24) is 24.8 Å². The van der Waals surface area contributed by atoms with Crippen molar-refractivity contribution in [2.24, 2.45) is 0 Å². The summed E-state index contributed by atoms with van der Waals surface area (Å²) in [6.45, 7) is 2.64. The lowest BCUT2D eigenvalue weighted by molar-refractivity contribution is 0.0617. The molecule has 6 rings (SSSR count). The largest absolute Gasteiger partial charge is 0.497 e. The van der Waals surface area contributed by atoms with Crippen molar-refractivity contribution in [2.75, 3.05) is 45.7 Å². The number of carbonyl (C=O) groups excluding carboxylic acids is 1. The molecular formula is C30H33ClN6O5. The van der Waals surface area contributed by atoms with Gasteiger partial charge in [0, 0.05) is 37.0 Å². The number of aliphatic hydroxyl groups excluding tert-OH is 1. The molecule has 2 aliphatic rings. The highest BCUT2D eigenvalue weighted by molar-refractivity contribution is 6.32. The van der Waals surface area contributed by atoms with E-state index in [4.69, 9.17) is 21.1 Å². The molecule has 2 aromatic heterocycles. The third kappa shape index (κ3) is 5.55. The van der Waals surface area contributed by atoms with E-state index in [0.717, 1.165) is 37.0 Å². The van der Waals surface area contributed by atoms with Crippen LogP contribution in [0, 0.1) is 0 Å². The quantitative estimate of drug-likeness (QED) is 0.232. The van der Waals surface area contributed by atoms with Crippen LogP contribution in [-0.4, -0.2) is 88.3 Å². The van der Waals surface area contributed by atoms with Gasteiger partial charge in [0.1, 0.15) is 35.6 Å². The Labute approximate surface area is 247 Å². The first-order valence-corrected chi connectivity index (χ1v) is 14.3. The minimum atomic E-state index is -0.896. The lowest BCUT2D eigenvalue weighted by Gasteiger charge is -2.34. The van der Waals surface area contributed by atoms with Crippen LogP contribution in [-0.2, 0) is 6.54 Å². The van der Waals surface area contributed by atoms with Crippen molar-refractivity contribution >= 4 is 34.2 Å². The molecule has 220 valence electrons. The number of benzene rings is 2. The molecule has 0 aliphatic carbocycles. The molecule has 0 bridgehead atoms. The van der Waals surface area contributed by atoms with E-state index in [-0.39, 0.29) is 30.7 Å². The zero-order valence-corrected chi connectivity index (χ0v) is 24.2. The SMILES string of the molecule is COc1ccc(OCC(O)CNc2cc[nH]c(=O)c2-c2nc3cc4c(cc3[nH]2)CN(C2CCN(C)CC2)C4=O)c(Cl)c1. The number of carbonyl (C=O) groups is 1.